The van der Waals surface area contributed by atoms with Gasteiger partial charge in [0, 0.05) is 6.20 Å². The lowest BCUT2D eigenvalue weighted by atomic mass is 9.97. The zero-order valence-corrected chi connectivity index (χ0v) is 10.4. The van der Waals surface area contributed by atoms with Crippen LogP contribution in [0.3, 0.4) is 0 Å². The van der Waals surface area contributed by atoms with Gasteiger partial charge in [0.2, 0.25) is 5.67 Å². The number of aliphatic hydroxyl groups excluding tert-OH is 2. The van der Waals surface area contributed by atoms with Crippen LogP contribution in [-0.4, -0.2) is 44.2 Å². The minimum absolute atomic E-state index is 0.170. The molecule has 0 radical (unpaired) electrons. The quantitative estimate of drug-likeness (QED) is 0.504. The van der Waals surface area contributed by atoms with E-state index in [9.17, 15) is 14.3 Å². The maximum absolute atomic E-state index is 14.6. The summed E-state index contributed by atoms with van der Waals surface area (Å²) in [5.41, 5.74) is -3.34. The van der Waals surface area contributed by atoms with E-state index in [0.29, 0.717) is 0 Å². The first kappa shape index (κ1) is 13.9. The van der Waals surface area contributed by atoms with Crippen LogP contribution in [0.1, 0.15) is 6.23 Å². The van der Waals surface area contributed by atoms with Gasteiger partial charge in [-0.1, -0.05) is 18.1 Å². The average Bonchev–Trinajstić information content (AvgIpc) is 2.63. The number of aromatic amines is 1. The van der Waals surface area contributed by atoms with Crippen molar-refractivity contribution in [2.75, 3.05) is 6.61 Å². The molecule has 1 aliphatic rings. The van der Waals surface area contributed by atoms with Crippen LogP contribution in [0.2, 0.25) is 0 Å². The van der Waals surface area contributed by atoms with Gasteiger partial charge in [0.05, 0.1) is 6.61 Å². The third-order valence-corrected chi connectivity index (χ3v) is 3.19. The number of aliphatic hydroxyl groups is 2. The van der Waals surface area contributed by atoms with Gasteiger partial charge in [-0.25, -0.2) is 9.18 Å². The van der Waals surface area contributed by atoms with Crippen molar-refractivity contribution in [3.05, 3.63) is 27.4 Å². The monoisotopic (exact) mass is 286 g/mol. The van der Waals surface area contributed by atoms with Crippen LogP contribution in [-0.2, 0) is 4.74 Å². The number of alkyl halides is 1. The molecule has 2 heterocycles. The molecule has 1 unspecified atom stereocenters. The second kappa shape index (κ2) is 4.86. The summed E-state index contributed by atoms with van der Waals surface area (Å²) < 4.78 is 20.7. The number of aromatic nitrogens is 2. The van der Waals surface area contributed by atoms with E-state index < -0.39 is 36.4 Å². The number of hydrogen-bond acceptors (Lipinski definition) is 5. The topological polar surface area (TPSA) is 87.5 Å². The third kappa shape index (κ3) is 2.11. The van der Waals surface area contributed by atoms with E-state index in [0.717, 1.165) is 4.57 Å². The van der Waals surface area contributed by atoms with Gasteiger partial charge in [0.1, 0.15) is 16.8 Å². The highest BCUT2D eigenvalue weighted by Gasteiger charge is 2.57. The van der Waals surface area contributed by atoms with Crippen molar-refractivity contribution < 1.29 is 19.3 Å². The van der Waals surface area contributed by atoms with Crippen LogP contribution in [0.4, 0.5) is 4.39 Å². The summed E-state index contributed by atoms with van der Waals surface area (Å²) in [4.78, 5) is 14.0. The normalized spacial score (nSPS) is 34.1. The van der Waals surface area contributed by atoms with E-state index in [1.165, 1.54) is 12.3 Å². The molecule has 1 aliphatic heterocycles. The Labute approximate surface area is 112 Å². The Morgan fingerprint density at radius 3 is 2.95 bits per heavy atom. The molecule has 2 rings (SSSR count). The Bertz CT molecular complexity index is 637. The molecule has 6 nitrogen and oxygen atoms in total. The van der Waals surface area contributed by atoms with E-state index in [2.05, 4.69) is 4.98 Å². The Balaban J connectivity index is 2.52. The smallest absolute Gasteiger partial charge is 0.328 e. The van der Waals surface area contributed by atoms with Crippen molar-refractivity contribution >= 4 is 12.2 Å². The first-order valence-corrected chi connectivity index (χ1v) is 5.77. The highest BCUT2D eigenvalue weighted by molar-refractivity contribution is 7.71. The van der Waals surface area contributed by atoms with Crippen molar-refractivity contribution in [1.29, 1.82) is 0 Å². The van der Waals surface area contributed by atoms with E-state index in [1.54, 1.807) is 5.92 Å². The van der Waals surface area contributed by atoms with Crippen molar-refractivity contribution in [2.45, 2.75) is 24.1 Å². The summed E-state index contributed by atoms with van der Waals surface area (Å²) in [6.07, 6.45) is 1.82. The van der Waals surface area contributed by atoms with Gasteiger partial charge in [-0.2, -0.15) is 0 Å². The van der Waals surface area contributed by atoms with E-state index in [1.807, 2.05) is 0 Å². The summed E-state index contributed by atoms with van der Waals surface area (Å²) in [6, 6.07) is 1.36. The van der Waals surface area contributed by atoms with E-state index in [4.69, 9.17) is 28.5 Å². The Kier molecular flexibility index (Phi) is 3.56. The first-order chi connectivity index (χ1) is 8.93. The number of nitrogens with one attached hydrogen (secondary N) is 1. The van der Waals surface area contributed by atoms with Gasteiger partial charge in [0.25, 0.3) is 0 Å². The zero-order valence-electron chi connectivity index (χ0n) is 9.62. The predicted octanol–water partition coefficient (Wildman–Crippen LogP) is -0.502. The van der Waals surface area contributed by atoms with E-state index in [-0.39, 0.29) is 4.64 Å². The lowest BCUT2D eigenvalue weighted by Gasteiger charge is -2.23. The first-order valence-electron chi connectivity index (χ1n) is 5.36. The second-order valence-electron chi connectivity index (χ2n) is 4.08. The molecule has 19 heavy (non-hydrogen) atoms. The van der Waals surface area contributed by atoms with Crippen LogP contribution in [0, 0.1) is 17.0 Å². The van der Waals surface area contributed by atoms with Crippen LogP contribution >= 0.6 is 12.2 Å². The lowest BCUT2D eigenvalue weighted by Crippen LogP contribution is -2.44. The van der Waals surface area contributed by atoms with Crippen LogP contribution in [0.15, 0.2) is 17.1 Å². The predicted molar refractivity (Wildman–Crippen MR) is 65.6 cm³/mol. The van der Waals surface area contributed by atoms with Crippen LogP contribution in [0.25, 0.3) is 0 Å². The maximum Gasteiger partial charge on any atom is 0.328 e. The molecule has 0 aliphatic carbocycles. The average molecular weight is 286 g/mol. The fourth-order valence-corrected chi connectivity index (χ4v) is 2.08. The van der Waals surface area contributed by atoms with Gasteiger partial charge >= 0.3 is 5.69 Å². The SMILES string of the molecule is C#C[C@@]1(F)C(O)[C@@H](CO)O[C@H]1n1ccc(=S)[nH]c1=O. The van der Waals surface area contributed by atoms with Crippen molar-refractivity contribution in [3.8, 4) is 12.3 Å². The van der Waals surface area contributed by atoms with Crippen molar-refractivity contribution in [2.24, 2.45) is 0 Å². The molecule has 8 heteroatoms. The number of H-pyrrole nitrogens is 1. The highest BCUT2D eigenvalue weighted by atomic mass is 32.1. The Morgan fingerprint density at radius 2 is 2.42 bits per heavy atom. The second-order valence-corrected chi connectivity index (χ2v) is 4.52. The number of terminal acetylenes is 1. The summed E-state index contributed by atoms with van der Waals surface area (Å²) in [5.74, 6) is 1.79. The molecule has 0 spiro atoms. The molecule has 0 bridgehead atoms. The van der Waals surface area contributed by atoms with Gasteiger partial charge in [0.15, 0.2) is 6.23 Å². The molecule has 0 aromatic carbocycles. The molecule has 1 aromatic rings. The summed E-state index contributed by atoms with van der Waals surface area (Å²) in [7, 11) is 0. The maximum atomic E-state index is 14.6. The number of rotatable bonds is 2. The number of hydrogen-bond donors (Lipinski definition) is 3. The summed E-state index contributed by atoms with van der Waals surface area (Å²) >= 11 is 4.76. The molecule has 1 aromatic heterocycles. The minimum Gasteiger partial charge on any atom is -0.394 e. The van der Waals surface area contributed by atoms with E-state index >= 15 is 0 Å². The molecule has 0 saturated carbocycles. The standard InChI is InChI=1S/C11H11FN2O4S/c1-2-11(12)8(16)6(5-15)18-9(11)14-4-3-7(19)13-10(14)17/h1,3-4,6,8-9,15-16H,5H2,(H,13,17,19)/t6-,8?,9-,11-/m1/s1. The molecular weight excluding hydrogens is 275 g/mol. The zero-order chi connectivity index (χ0) is 14.2. The fraction of sp³-hybridized carbons (Fsp3) is 0.455. The molecular formula is C11H11FN2O4S. The number of nitrogens with zero attached hydrogens (tertiary/aromatic N) is 1. The molecule has 0 amide bonds. The molecule has 1 saturated heterocycles. The lowest BCUT2D eigenvalue weighted by molar-refractivity contribution is -0.0542. The van der Waals surface area contributed by atoms with Crippen LogP contribution in [0.5, 0.6) is 0 Å². The van der Waals surface area contributed by atoms with Crippen LogP contribution < -0.4 is 5.69 Å². The fourth-order valence-electron chi connectivity index (χ4n) is 1.94. The molecule has 102 valence electrons. The highest BCUT2D eigenvalue weighted by Crippen LogP contribution is 2.40. The Hall–Kier alpha value is -1.53. The summed E-state index contributed by atoms with van der Waals surface area (Å²) in [5, 5.41) is 18.7. The van der Waals surface area contributed by atoms with Gasteiger partial charge < -0.3 is 14.9 Å². The summed E-state index contributed by atoms with van der Waals surface area (Å²) in [6.45, 7) is -0.622. The van der Waals surface area contributed by atoms with Crippen molar-refractivity contribution in [3.63, 3.8) is 0 Å². The van der Waals surface area contributed by atoms with Crippen molar-refractivity contribution in [1.82, 2.24) is 9.55 Å². The molecule has 1 fully saturated rings. The van der Waals surface area contributed by atoms with Gasteiger partial charge in [-0.15, -0.1) is 6.42 Å². The third-order valence-electron chi connectivity index (χ3n) is 2.95. The number of halogens is 1. The van der Waals surface area contributed by atoms with Gasteiger partial charge in [-0.3, -0.25) is 9.55 Å². The van der Waals surface area contributed by atoms with Gasteiger partial charge in [-0.05, 0) is 6.07 Å². The largest absolute Gasteiger partial charge is 0.394 e. The molecule has 4 atom stereocenters. The Morgan fingerprint density at radius 1 is 1.74 bits per heavy atom. The number of ether oxygens (including phenoxy) is 1. The molecule has 3 N–H and O–H groups in total. The minimum atomic E-state index is -2.62.